The average Bonchev–Trinajstić information content (AvgIpc) is 2.74. The van der Waals surface area contributed by atoms with Gasteiger partial charge in [0.2, 0.25) is 12.2 Å². The fourth-order valence-electron chi connectivity index (χ4n) is 3.52. The summed E-state index contributed by atoms with van der Waals surface area (Å²) >= 11 is 0. The van der Waals surface area contributed by atoms with Crippen LogP contribution in [-0.2, 0) is 50.5 Å². The van der Waals surface area contributed by atoms with Gasteiger partial charge in [-0.3, -0.25) is 19.2 Å². The topological polar surface area (TPSA) is 126 Å². The number of esters is 3. The van der Waals surface area contributed by atoms with Crippen LogP contribution in [0.2, 0.25) is 0 Å². The Morgan fingerprint density at radius 1 is 0.816 bits per heavy atom. The lowest BCUT2D eigenvalue weighted by Crippen LogP contribution is -2.67. The fourth-order valence-corrected chi connectivity index (χ4v) is 3.52. The molecule has 0 aliphatic carbocycles. The molecule has 1 aliphatic rings. The van der Waals surface area contributed by atoms with Gasteiger partial charge in [-0.25, -0.2) is 0 Å². The Morgan fingerprint density at radius 3 is 1.74 bits per heavy atom. The minimum atomic E-state index is -5.19. The van der Waals surface area contributed by atoms with Crippen molar-refractivity contribution in [2.45, 2.75) is 70.7 Å². The first-order valence-electron chi connectivity index (χ1n) is 10.7. The molecule has 2 rings (SSSR count). The largest absolute Gasteiger partial charge is 0.463 e. The van der Waals surface area contributed by atoms with E-state index in [1.54, 1.807) is 0 Å². The van der Waals surface area contributed by atoms with Crippen molar-refractivity contribution < 1.29 is 69.2 Å². The molecule has 1 N–H and O–H groups in total. The van der Waals surface area contributed by atoms with Crippen molar-refractivity contribution in [3.8, 4) is 5.75 Å². The van der Waals surface area contributed by atoms with Gasteiger partial charge in [-0.05, 0) is 18.2 Å². The highest BCUT2D eigenvalue weighted by molar-refractivity contribution is 5.73. The van der Waals surface area contributed by atoms with Crippen molar-refractivity contribution in [1.82, 2.24) is 5.32 Å². The Labute approximate surface area is 211 Å². The number of carbonyl (C=O) groups excluding carboxylic acids is 4. The molecule has 10 nitrogen and oxygen atoms in total. The normalized spacial score (nSPS) is 23.7. The Kier molecular flexibility index (Phi) is 9.58. The van der Waals surface area contributed by atoms with Crippen molar-refractivity contribution >= 4 is 23.8 Å². The maximum Gasteiger partial charge on any atom is 0.416 e. The number of hydrogen-bond acceptors (Lipinski definition) is 9. The standard InChI is InChI=1S/C22H23F6NO9/c1-9(30)29-17-19(36-12(4)33)18(35-11(3)32)16(8-34-10(2)31)38-20(17)37-15-6-13(21(23,24)25)5-14(7-15)22(26,27)28/h5-7,16-20H,8H2,1-4H3,(H,29,30)/t16-,17+,18+,19-,20-/m0/s1. The zero-order chi connectivity index (χ0) is 29.0. The molecule has 1 aromatic carbocycles. The van der Waals surface area contributed by atoms with E-state index in [-0.39, 0.29) is 18.2 Å². The number of ether oxygens (including phenoxy) is 5. The van der Waals surface area contributed by atoms with Gasteiger partial charge in [0.15, 0.2) is 12.2 Å². The van der Waals surface area contributed by atoms with Crippen molar-refractivity contribution in [2.24, 2.45) is 0 Å². The second-order valence-electron chi connectivity index (χ2n) is 8.08. The molecule has 0 unspecified atom stereocenters. The van der Waals surface area contributed by atoms with Crippen LogP contribution in [0.25, 0.3) is 0 Å². The van der Waals surface area contributed by atoms with Gasteiger partial charge in [0.25, 0.3) is 0 Å². The molecule has 1 amide bonds. The van der Waals surface area contributed by atoms with E-state index < -0.39 is 90.3 Å². The maximum absolute atomic E-state index is 13.3. The molecule has 1 aromatic rings. The lowest BCUT2D eigenvalue weighted by atomic mass is 9.96. The molecule has 1 heterocycles. The number of amides is 1. The summed E-state index contributed by atoms with van der Waals surface area (Å²) in [7, 11) is 0. The van der Waals surface area contributed by atoms with Crippen molar-refractivity contribution in [3.63, 3.8) is 0 Å². The van der Waals surface area contributed by atoms with Crippen molar-refractivity contribution in [3.05, 3.63) is 29.3 Å². The molecule has 0 radical (unpaired) electrons. The minimum Gasteiger partial charge on any atom is -0.463 e. The van der Waals surface area contributed by atoms with Crippen LogP contribution in [0.1, 0.15) is 38.8 Å². The van der Waals surface area contributed by atoms with E-state index in [0.717, 1.165) is 27.7 Å². The molecular formula is C22H23F6NO9. The van der Waals surface area contributed by atoms with Crippen LogP contribution in [0.5, 0.6) is 5.75 Å². The number of hydrogen-bond donors (Lipinski definition) is 1. The third kappa shape index (κ3) is 8.49. The first-order valence-corrected chi connectivity index (χ1v) is 10.7. The van der Waals surface area contributed by atoms with E-state index >= 15 is 0 Å². The first-order chi connectivity index (χ1) is 17.4. The summed E-state index contributed by atoms with van der Waals surface area (Å²) in [4.78, 5) is 46.8. The van der Waals surface area contributed by atoms with Gasteiger partial charge < -0.3 is 29.0 Å². The number of alkyl halides is 6. The molecular weight excluding hydrogens is 536 g/mol. The summed E-state index contributed by atoms with van der Waals surface area (Å²) in [5.74, 6) is -4.48. The Bertz CT molecular complexity index is 1030. The predicted octanol–water partition coefficient (Wildman–Crippen LogP) is 2.76. The van der Waals surface area contributed by atoms with Crippen LogP contribution in [-0.4, -0.2) is 61.1 Å². The van der Waals surface area contributed by atoms with E-state index in [2.05, 4.69) is 5.32 Å². The first kappa shape index (κ1) is 30.7. The lowest BCUT2D eigenvalue weighted by molar-refractivity contribution is -0.257. The van der Waals surface area contributed by atoms with Crippen molar-refractivity contribution in [2.75, 3.05) is 6.61 Å². The zero-order valence-corrected chi connectivity index (χ0v) is 20.3. The summed E-state index contributed by atoms with van der Waals surface area (Å²) in [6, 6.07) is -1.20. The summed E-state index contributed by atoms with van der Waals surface area (Å²) in [5.41, 5.74) is -3.39. The van der Waals surface area contributed by atoms with Gasteiger partial charge in [0, 0.05) is 27.7 Å². The summed E-state index contributed by atoms with van der Waals surface area (Å²) < 4.78 is 106. The van der Waals surface area contributed by atoms with Gasteiger partial charge >= 0.3 is 30.3 Å². The Hall–Kier alpha value is -3.56. The molecule has 1 saturated heterocycles. The van der Waals surface area contributed by atoms with Gasteiger partial charge in [-0.1, -0.05) is 0 Å². The molecule has 1 fully saturated rings. The van der Waals surface area contributed by atoms with Crippen LogP contribution in [0.15, 0.2) is 18.2 Å². The third-order valence-corrected chi connectivity index (χ3v) is 4.88. The number of halogens is 6. The van der Waals surface area contributed by atoms with E-state index in [4.69, 9.17) is 23.7 Å². The predicted molar refractivity (Wildman–Crippen MR) is 111 cm³/mol. The molecule has 16 heteroatoms. The average molecular weight is 559 g/mol. The Morgan fingerprint density at radius 2 is 1.32 bits per heavy atom. The highest BCUT2D eigenvalue weighted by atomic mass is 19.4. The van der Waals surface area contributed by atoms with Gasteiger partial charge in [0.1, 0.15) is 24.5 Å². The minimum absolute atomic E-state index is 0.123. The van der Waals surface area contributed by atoms with E-state index in [9.17, 15) is 45.5 Å². The third-order valence-electron chi connectivity index (χ3n) is 4.88. The van der Waals surface area contributed by atoms with E-state index in [0.29, 0.717) is 0 Å². The lowest BCUT2D eigenvalue weighted by Gasteiger charge is -2.44. The van der Waals surface area contributed by atoms with Gasteiger partial charge in [-0.2, -0.15) is 26.3 Å². The highest BCUT2D eigenvalue weighted by Gasteiger charge is 2.52. The second-order valence-corrected chi connectivity index (χ2v) is 8.08. The molecule has 1 aliphatic heterocycles. The van der Waals surface area contributed by atoms with Crippen molar-refractivity contribution in [1.29, 1.82) is 0 Å². The molecule has 0 aromatic heterocycles. The van der Waals surface area contributed by atoms with Crippen LogP contribution in [0, 0.1) is 0 Å². The van der Waals surface area contributed by atoms with Crippen LogP contribution in [0.3, 0.4) is 0 Å². The maximum atomic E-state index is 13.3. The monoisotopic (exact) mass is 559 g/mol. The van der Waals surface area contributed by atoms with Gasteiger partial charge in [-0.15, -0.1) is 0 Å². The molecule has 38 heavy (non-hydrogen) atoms. The molecule has 0 saturated carbocycles. The highest BCUT2D eigenvalue weighted by Crippen LogP contribution is 2.39. The molecule has 0 spiro atoms. The van der Waals surface area contributed by atoms with Crippen LogP contribution in [0.4, 0.5) is 26.3 Å². The number of rotatable bonds is 7. The molecule has 0 bridgehead atoms. The van der Waals surface area contributed by atoms with E-state index in [1.165, 1.54) is 0 Å². The fraction of sp³-hybridized carbons (Fsp3) is 0.545. The summed E-state index contributed by atoms with van der Waals surface area (Å²) in [5, 5.41) is 2.28. The summed E-state index contributed by atoms with van der Waals surface area (Å²) in [6.07, 6.45) is -17.0. The SMILES string of the molecule is CC(=O)N[C@H]1[C@@H](Oc2cc(C(F)(F)F)cc(C(F)(F)F)c2)O[C@@H](COC(C)=O)[C@@H](OC(C)=O)[C@H]1OC(C)=O. The molecule has 212 valence electrons. The number of nitrogens with one attached hydrogen (secondary N) is 1. The molecule has 5 atom stereocenters. The van der Waals surface area contributed by atoms with Crippen LogP contribution < -0.4 is 10.1 Å². The second kappa shape index (κ2) is 11.9. The summed E-state index contributed by atoms with van der Waals surface area (Å²) in [6.45, 7) is 3.28. The number of carbonyl (C=O) groups is 4. The smallest absolute Gasteiger partial charge is 0.416 e. The Balaban J connectivity index is 2.62. The quantitative estimate of drug-likeness (QED) is 0.305. The zero-order valence-electron chi connectivity index (χ0n) is 20.3. The van der Waals surface area contributed by atoms with Crippen LogP contribution >= 0.6 is 0 Å². The number of benzene rings is 1. The van der Waals surface area contributed by atoms with Gasteiger partial charge in [0.05, 0.1) is 11.1 Å². The van der Waals surface area contributed by atoms with E-state index in [1.807, 2.05) is 0 Å².